The Kier molecular flexibility index (Phi) is 7.74. The van der Waals surface area contributed by atoms with Crippen molar-refractivity contribution < 1.29 is 23.8 Å². The van der Waals surface area contributed by atoms with Crippen LogP contribution < -0.4 is 4.74 Å². The molecule has 6 heteroatoms. The van der Waals surface area contributed by atoms with Gasteiger partial charge in [-0.3, -0.25) is 0 Å². The van der Waals surface area contributed by atoms with Crippen LogP contribution in [0.1, 0.15) is 56.3 Å². The quantitative estimate of drug-likeness (QED) is 0.467. The number of carboxylic acids is 1. The van der Waals surface area contributed by atoms with Crippen molar-refractivity contribution in [2.45, 2.75) is 51.2 Å². The summed E-state index contributed by atoms with van der Waals surface area (Å²) in [6.45, 7) is 7.59. The van der Waals surface area contributed by atoms with Crippen LogP contribution in [-0.4, -0.2) is 23.8 Å². The molecule has 2 aromatic carbocycles. The van der Waals surface area contributed by atoms with Crippen molar-refractivity contribution >= 4 is 17.6 Å². The average molecular weight is 447 g/mol. The lowest BCUT2D eigenvalue weighted by molar-refractivity contribution is -0.139. The Labute approximate surface area is 187 Å². The lowest BCUT2D eigenvalue weighted by atomic mass is 9.74. The highest BCUT2D eigenvalue weighted by Gasteiger charge is 2.40. The van der Waals surface area contributed by atoms with Crippen molar-refractivity contribution in [3.63, 3.8) is 0 Å². The summed E-state index contributed by atoms with van der Waals surface area (Å²) in [4.78, 5) is 11.0. The molecule has 0 spiro atoms. The van der Waals surface area contributed by atoms with Gasteiger partial charge in [0.25, 0.3) is 0 Å². The van der Waals surface area contributed by atoms with E-state index in [0.29, 0.717) is 10.6 Å². The van der Waals surface area contributed by atoms with E-state index in [4.69, 9.17) is 26.2 Å². The minimum atomic E-state index is -1.16. The molecule has 166 valence electrons. The molecule has 1 aliphatic heterocycles. The molecule has 1 saturated heterocycles. The number of aliphatic carboxylic acids is 1. The summed E-state index contributed by atoms with van der Waals surface area (Å²) < 4.78 is 26.5. The lowest BCUT2D eigenvalue weighted by Crippen LogP contribution is -2.36. The van der Waals surface area contributed by atoms with E-state index in [2.05, 4.69) is 13.5 Å². The van der Waals surface area contributed by atoms with Gasteiger partial charge in [-0.15, -0.1) is 0 Å². The largest absolute Gasteiger partial charge is 0.479 e. The molecular weight excluding hydrogens is 419 g/mol. The van der Waals surface area contributed by atoms with Crippen LogP contribution in [0.2, 0.25) is 5.02 Å². The van der Waals surface area contributed by atoms with E-state index in [9.17, 15) is 9.18 Å². The number of rotatable bonds is 8. The predicted molar refractivity (Wildman–Crippen MR) is 119 cm³/mol. The van der Waals surface area contributed by atoms with E-state index in [-0.39, 0.29) is 23.7 Å². The number of halogens is 2. The molecule has 0 radical (unpaired) electrons. The first-order valence-electron chi connectivity index (χ1n) is 10.5. The van der Waals surface area contributed by atoms with Gasteiger partial charge in [0, 0.05) is 22.4 Å². The number of para-hydroxylation sites is 1. The van der Waals surface area contributed by atoms with Crippen LogP contribution in [0.25, 0.3) is 0 Å². The van der Waals surface area contributed by atoms with Gasteiger partial charge in [0.05, 0.1) is 12.2 Å². The first-order chi connectivity index (χ1) is 14.8. The molecule has 1 heterocycles. The van der Waals surface area contributed by atoms with Crippen LogP contribution in [0.5, 0.6) is 5.75 Å². The molecule has 0 bridgehead atoms. The molecule has 31 heavy (non-hydrogen) atoms. The topological polar surface area (TPSA) is 55.8 Å². The van der Waals surface area contributed by atoms with E-state index in [0.717, 1.165) is 30.4 Å². The van der Waals surface area contributed by atoms with E-state index < -0.39 is 24.5 Å². The lowest BCUT2D eigenvalue weighted by Gasteiger charge is -2.43. The fourth-order valence-corrected chi connectivity index (χ4v) is 4.45. The third kappa shape index (κ3) is 5.46. The van der Waals surface area contributed by atoms with Crippen molar-refractivity contribution in [3.8, 4) is 5.75 Å². The summed E-state index contributed by atoms with van der Waals surface area (Å²) >= 11 is 6.08. The van der Waals surface area contributed by atoms with Gasteiger partial charge < -0.3 is 14.6 Å². The number of carboxylic acid groups (broad SMARTS) is 1. The Balaban J connectivity index is 1.99. The second-order valence-corrected chi connectivity index (χ2v) is 8.51. The Morgan fingerprint density at radius 1 is 1.29 bits per heavy atom. The summed E-state index contributed by atoms with van der Waals surface area (Å²) in [5, 5.41) is 9.68. The Hall–Kier alpha value is -2.37. The molecule has 1 fully saturated rings. The molecule has 0 saturated carbocycles. The van der Waals surface area contributed by atoms with E-state index >= 15 is 0 Å². The van der Waals surface area contributed by atoms with Crippen LogP contribution in [0, 0.1) is 11.7 Å². The maximum absolute atomic E-state index is 14.6. The molecule has 0 amide bonds. The predicted octanol–water partition coefficient (Wildman–Crippen LogP) is 6.55. The second-order valence-electron chi connectivity index (χ2n) is 8.07. The third-order valence-corrected chi connectivity index (χ3v) is 6.04. The van der Waals surface area contributed by atoms with E-state index in [1.165, 1.54) is 6.07 Å². The van der Waals surface area contributed by atoms with Gasteiger partial charge in [-0.1, -0.05) is 61.4 Å². The first kappa shape index (κ1) is 23.3. The maximum Gasteiger partial charge on any atom is 0.341 e. The molecule has 1 aliphatic rings. The fourth-order valence-electron chi connectivity index (χ4n) is 4.33. The molecule has 4 atom stereocenters. The summed E-state index contributed by atoms with van der Waals surface area (Å²) in [7, 11) is 0. The molecule has 4 nitrogen and oxygen atoms in total. The molecule has 2 aromatic rings. The molecule has 3 rings (SSSR count). The zero-order valence-electron chi connectivity index (χ0n) is 17.8. The first-order valence-corrected chi connectivity index (χ1v) is 10.9. The minimum absolute atomic E-state index is 0.0682. The maximum atomic E-state index is 14.6. The zero-order valence-corrected chi connectivity index (χ0v) is 18.6. The van der Waals surface area contributed by atoms with Crippen molar-refractivity contribution in [2.75, 3.05) is 6.61 Å². The number of hydrogen-bond donors (Lipinski definition) is 1. The third-order valence-electron chi connectivity index (χ3n) is 5.79. The van der Waals surface area contributed by atoms with E-state index in [1.807, 2.05) is 31.2 Å². The molecule has 0 aromatic heterocycles. The molecule has 0 unspecified atom stereocenters. The second kappa shape index (κ2) is 10.3. The van der Waals surface area contributed by atoms with Crippen LogP contribution >= 0.6 is 11.6 Å². The van der Waals surface area contributed by atoms with Gasteiger partial charge in [-0.25, -0.2) is 9.18 Å². The summed E-state index contributed by atoms with van der Waals surface area (Å²) in [6.07, 6.45) is 2.00. The normalized spacial score (nSPS) is 23.4. The van der Waals surface area contributed by atoms with Crippen molar-refractivity contribution in [1.29, 1.82) is 0 Å². The summed E-state index contributed by atoms with van der Waals surface area (Å²) in [5.74, 6) is -1.77. The van der Waals surface area contributed by atoms with Gasteiger partial charge >= 0.3 is 5.97 Å². The molecule has 0 aliphatic carbocycles. The Morgan fingerprint density at radius 3 is 2.61 bits per heavy atom. The zero-order chi connectivity index (χ0) is 22.5. The highest BCUT2D eigenvalue weighted by molar-refractivity contribution is 6.30. The molecular formula is C25H28ClFO4. The van der Waals surface area contributed by atoms with Crippen LogP contribution in [0.15, 0.2) is 54.6 Å². The van der Waals surface area contributed by atoms with Crippen LogP contribution in [0.4, 0.5) is 4.39 Å². The van der Waals surface area contributed by atoms with Crippen molar-refractivity contribution in [3.05, 3.63) is 76.6 Å². The van der Waals surface area contributed by atoms with Gasteiger partial charge in [0.2, 0.25) is 0 Å². The minimum Gasteiger partial charge on any atom is -0.479 e. The number of benzene rings is 2. The highest BCUT2D eigenvalue weighted by Crippen LogP contribution is 2.49. The Bertz CT molecular complexity index is 928. The number of ether oxygens (including phenoxy) is 2. The van der Waals surface area contributed by atoms with Crippen molar-refractivity contribution in [1.82, 2.24) is 0 Å². The van der Waals surface area contributed by atoms with Gasteiger partial charge in [0.15, 0.2) is 18.2 Å². The summed E-state index contributed by atoms with van der Waals surface area (Å²) in [6, 6.07) is 12.4. The standard InChI is InChI=1S/C25H28ClFO4/c1-4-6-22-20(16-9-11-17(26)12-10-16)13-19(15(2)3)24(31-22)18-7-5-8-21(27)25(18)30-14-23(28)29/h5,7-12,19-20,22,24H,2,4,6,13-14H2,1,3H3,(H,28,29)/t19-,20-,22+,24-/m1/s1. The average Bonchev–Trinajstić information content (AvgIpc) is 2.73. The van der Waals surface area contributed by atoms with Crippen molar-refractivity contribution in [2.24, 2.45) is 5.92 Å². The van der Waals surface area contributed by atoms with E-state index in [1.54, 1.807) is 12.1 Å². The summed E-state index contributed by atoms with van der Waals surface area (Å²) in [5.41, 5.74) is 2.59. The van der Waals surface area contributed by atoms with Crippen LogP contribution in [-0.2, 0) is 9.53 Å². The van der Waals surface area contributed by atoms with Crippen LogP contribution in [0.3, 0.4) is 0 Å². The van der Waals surface area contributed by atoms with Gasteiger partial charge in [-0.05, 0) is 43.5 Å². The Morgan fingerprint density at radius 2 is 2.00 bits per heavy atom. The number of hydrogen-bond acceptors (Lipinski definition) is 3. The van der Waals surface area contributed by atoms with Gasteiger partial charge in [-0.2, -0.15) is 0 Å². The fraction of sp³-hybridized carbons (Fsp3) is 0.400. The monoisotopic (exact) mass is 446 g/mol. The SMILES string of the molecule is C=C(C)[C@H]1C[C@H](c2ccc(Cl)cc2)[C@H](CCC)O[C@@H]1c1cccc(F)c1OCC(=O)O. The van der Waals surface area contributed by atoms with Gasteiger partial charge in [0.1, 0.15) is 0 Å². The molecule has 1 N–H and O–H groups in total. The highest BCUT2D eigenvalue weighted by atomic mass is 35.5. The smallest absolute Gasteiger partial charge is 0.341 e. The number of carbonyl (C=O) groups is 1.